The molecule has 7 nitrogen and oxygen atoms in total. The summed E-state index contributed by atoms with van der Waals surface area (Å²) in [6.07, 6.45) is 0. The van der Waals surface area contributed by atoms with Gasteiger partial charge in [0.2, 0.25) is 0 Å². The van der Waals surface area contributed by atoms with Crippen LogP contribution in [-0.4, -0.2) is 59.0 Å². The second kappa shape index (κ2) is 8.23. The van der Waals surface area contributed by atoms with E-state index in [-0.39, 0.29) is 11.5 Å². The fraction of sp³-hybridized carbons (Fsp3) is 0.286. The maximum Gasteiger partial charge on any atom is 0.258 e. The number of carbonyl (C=O) groups excluding carboxylic acids is 1. The molecule has 1 aliphatic rings. The summed E-state index contributed by atoms with van der Waals surface area (Å²) in [5.41, 5.74) is 1.02. The van der Waals surface area contributed by atoms with Gasteiger partial charge in [-0.25, -0.2) is 4.98 Å². The Hall–Kier alpha value is -2.90. The number of benzene rings is 2. The predicted molar refractivity (Wildman–Crippen MR) is 112 cm³/mol. The van der Waals surface area contributed by atoms with Crippen molar-refractivity contribution < 1.29 is 9.53 Å². The maximum absolute atomic E-state index is 12.9. The number of aromatic amines is 1. The van der Waals surface area contributed by atoms with E-state index >= 15 is 0 Å². The molecule has 0 atom stereocenters. The fourth-order valence-electron chi connectivity index (χ4n) is 3.55. The van der Waals surface area contributed by atoms with Gasteiger partial charge < -0.3 is 14.6 Å². The molecular weight excluding hydrogens is 392 g/mol. The van der Waals surface area contributed by atoms with Gasteiger partial charge in [0.15, 0.2) is 0 Å². The molecule has 0 unspecified atom stereocenters. The maximum atomic E-state index is 12.9. The Bertz CT molecular complexity index is 1110. The van der Waals surface area contributed by atoms with Crippen molar-refractivity contribution in [1.29, 1.82) is 0 Å². The van der Waals surface area contributed by atoms with Crippen molar-refractivity contribution in [2.24, 2.45) is 0 Å². The minimum absolute atomic E-state index is 0.0961. The minimum Gasteiger partial charge on any atom is -0.496 e. The van der Waals surface area contributed by atoms with Gasteiger partial charge in [0.1, 0.15) is 11.6 Å². The average molecular weight is 413 g/mol. The topological polar surface area (TPSA) is 78.5 Å². The number of aromatic nitrogens is 2. The Morgan fingerprint density at radius 3 is 2.69 bits per heavy atom. The summed E-state index contributed by atoms with van der Waals surface area (Å²) in [5.74, 6) is 1.05. The molecule has 0 aliphatic carbocycles. The number of ether oxygens (including phenoxy) is 1. The highest BCUT2D eigenvalue weighted by atomic mass is 35.5. The summed E-state index contributed by atoms with van der Waals surface area (Å²) >= 11 is 6.05. The number of hydrogen-bond donors (Lipinski definition) is 1. The molecule has 0 spiro atoms. The summed E-state index contributed by atoms with van der Waals surface area (Å²) < 4.78 is 5.30. The van der Waals surface area contributed by atoms with Gasteiger partial charge in [-0.05, 0) is 30.3 Å². The fourth-order valence-corrected chi connectivity index (χ4v) is 3.72. The Morgan fingerprint density at radius 2 is 1.93 bits per heavy atom. The van der Waals surface area contributed by atoms with Crippen LogP contribution in [0, 0.1) is 0 Å². The van der Waals surface area contributed by atoms with Gasteiger partial charge in [-0.2, -0.15) is 0 Å². The van der Waals surface area contributed by atoms with Crippen LogP contribution in [0.5, 0.6) is 5.75 Å². The molecule has 8 heteroatoms. The molecule has 4 rings (SSSR count). The van der Waals surface area contributed by atoms with Crippen LogP contribution in [0.4, 0.5) is 0 Å². The van der Waals surface area contributed by atoms with Crippen LogP contribution in [0.15, 0.2) is 47.3 Å². The average Bonchev–Trinajstić information content (AvgIpc) is 2.74. The standard InChI is InChI=1S/C21H21ClN4O3/c1-29-18-7-6-14(22)12-16(18)21(28)26-10-8-25(9-11-26)13-19-23-17-5-3-2-4-15(17)20(27)24-19/h2-7,12H,8-11,13H2,1H3,(H,23,24,27). The molecule has 1 saturated heterocycles. The van der Waals surface area contributed by atoms with Gasteiger partial charge in [0, 0.05) is 31.2 Å². The number of hydrogen-bond acceptors (Lipinski definition) is 5. The number of nitrogens with zero attached hydrogens (tertiary/aromatic N) is 3. The summed E-state index contributed by atoms with van der Waals surface area (Å²) in [7, 11) is 1.54. The van der Waals surface area contributed by atoms with Gasteiger partial charge in [-0.3, -0.25) is 14.5 Å². The molecule has 2 aromatic carbocycles. The summed E-state index contributed by atoms with van der Waals surface area (Å²) in [4.78, 5) is 36.5. The van der Waals surface area contributed by atoms with E-state index in [1.165, 1.54) is 7.11 Å². The lowest BCUT2D eigenvalue weighted by Gasteiger charge is -2.34. The zero-order chi connectivity index (χ0) is 20.4. The first kappa shape index (κ1) is 19.4. The number of rotatable bonds is 4. The van der Waals surface area contributed by atoms with Crippen molar-refractivity contribution in [2.45, 2.75) is 6.54 Å². The van der Waals surface area contributed by atoms with Gasteiger partial charge in [0.05, 0.1) is 30.1 Å². The van der Waals surface area contributed by atoms with E-state index in [0.29, 0.717) is 65.8 Å². The molecule has 1 amide bonds. The molecule has 29 heavy (non-hydrogen) atoms. The highest BCUT2D eigenvalue weighted by molar-refractivity contribution is 6.31. The SMILES string of the molecule is COc1ccc(Cl)cc1C(=O)N1CCN(Cc2nc3ccccc3c(=O)[nH]2)CC1. The molecule has 0 saturated carbocycles. The lowest BCUT2D eigenvalue weighted by atomic mass is 10.1. The van der Waals surface area contributed by atoms with Crippen molar-refractivity contribution in [3.63, 3.8) is 0 Å². The number of amides is 1. The third kappa shape index (κ3) is 4.11. The molecular formula is C21H21ClN4O3. The number of piperazine rings is 1. The molecule has 1 aliphatic heterocycles. The first-order chi connectivity index (χ1) is 14.0. The first-order valence-corrected chi connectivity index (χ1v) is 9.76. The van der Waals surface area contributed by atoms with Crippen LogP contribution < -0.4 is 10.3 Å². The molecule has 3 aromatic rings. The summed E-state index contributed by atoms with van der Waals surface area (Å²) in [6.45, 7) is 3.05. The van der Waals surface area contributed by atoms with Crippen molar-refractivity contribution in [3.8, 4) is 5.75 Å². The van der Waals surface area contributed by atoms with Crippen LogP contribution in [-0.2, 0) is 6.54 Å². The predicted octanol–water partition coefficient (Wildman–Crippen LogP) is 2.54. The lowest BCUT2D eigenvalue weighted by molar-refractivity contribution is 0.0622. The number of H-pyrrole nitrogens is 1. The number of methoxy groups -OCH3 is 1. The molecule has 2 heterocycles. The zero-order valence-electron chi connectivity index (χ0n) is 16.0. The third-order valence-electron chi connectivity index (χ3n) is 5.09. The second-order valence-corrected chi connectivity index (χ2v) is 7.38. The zero-order valence-corrected chi connectivity index (χ0v) is 16.8. The first-order valence-electron chi connectivity index (χ1n) is 9.38. The summed E-state index contributed by atoms with van der Waals surface area (Å²) in [5, 5.41) is 1.08. The van der Waals surface area contributed by atoms with E-state index in [1.807, 2.05) is 18.2 Å². The molecule has 1 aromatic heterocycles. The Balaban J connectivity index is 1.43. The van der Waals surface area contributed by atoms with Crippen LogP contribution in [0.3, 0.4) is 0 Å². The van der Waals surface area contributed by atoms with E-state index in [9.17, 15) is 9.59 Å². The van der Waals surface area contributed by atoms with Crippen molar-refractivity contribution in [2.75, 3.05) is 33.3 Å². The monoisotopic (exact) mass is 412 g/mol. The van der Waals surface area contributed by atoms with E-state index in [4.69, 9.17) is 16.3 Å². The molecule has 1 N–H and O–H groups in total. The normalized spacial score (nSPS) is 14.9. The van der Waals surface area contributed by atoms with E-state index in [2.05, 4.69) is 14.9 Å². The number of para-hydroxylation sites is 1. The quantitative estimate of drug-likeness (QED) is 0.712. The minimum atomic E-state index is -0.132. The second-order valence-electron chi connectivity index (χ2n) is 6.94. The lowest BCUT2D eigenvalue weighted by Crippen LogP contribution is -2.48. The van der Waals surface area contributed by atoms with Crippen LogP contribution in [0.1, 0.15) is 16.2 Å². The Morgan fingerprint density at radius 1 is 1.17 bits per heavy atom. The van der Waals surface area contributed by atoms with Crippen LogP contribution in [0.2, 0.25) is 5.02 Å². The van der Waals surface area contributed by atoms with E-state index in [0.717, 1.165) is 0 Å². The van der Waals surface area contributed by atoms with Crippen molar-refractivity contribution in [1.82, 2.24) is 19.8 Å². The smallest absolute Gasteiger partial charge is 0.258 e. The van der Waals surface area contributed by atoms with Crippen molar-refractivity contribution >= 4 is 28.4 Å². The highest BCUT2D eigenvalue weighted by Gasteiger charge is 2.25. The Kier molecular flexibility index (Phi) is 5.51. The molecule has 1 fully saturated rings. The van der Waals surface area contributed by atoms with Gasteiger partial charge >= 0.3 is 0 Å². The molecule has 0 bridgehead atoms. The molecule has 150 valence electrons. The largest absolute Gasteiger partial charge is 0.496 e. The number of halogens is 1. The number of carbonyl (C=O) groups is 1. The van der Waals surface area contributed by atoms with E-state index < -0.39 is 0 Å². The van der Waals surface area contributed by atoms with Gasteiger partial charge in [0.25, 0.3) is 11.5 Å². The van der Waals surface area contributed by atoms with Crippen LogP contribution in [0.25, 0.3) is 10.9 Å². The number of nitrogens with one attached hydrogen (secondary N) is 1. The number of fused-ring (bicyclic) bond motifs is 1. The molecule has 0 radical (unpaired) electrons. The van der Waals surface area contributed by atoms with E-state index in [1.54, 1.807) is 29.2 Å². The third-order valence-corrected chi connectivity index (χ3v) is 5.32. The highest BCUT2D eigenvalue weighted by Crippen LogP contribution is 2.24. The van der Waals surface area contributed by atoms with Gasteiger partial charge in [-0.1, -0.05) is 23.7 Å². The van der Waals surface area contributed by atoms with Crippen molar-refractivity contribution in [3.05, 3.63) is 69.2 Å². The van der Waals surface area contributed by atoms with Gasteiger partial charge in [-0.15, -0.1) is 0 Å². The summed E-state index contributed by atoms with van der Waals surface area (Å²) in [6, 6.07) is 12.3. The Labute approximate surface area is 172 Å². The van der Waals surface area contributed by atoms with Crippen LogP contribution >= 0.6 is 11.6 Å².